The predicted molar refractivity (Wildman–Crippen MR) is 76.9 cm³/mol. The van der Waals surface area contributed by atoms with E-state index in [1.807, 2.05) is 35.8 Å². The molecule has 3 heterocycles. The third-order valence-electron chi connectivity index (χ3n) is 3.82. The lowest BCUT2D eigenvalue weighted by Gasteiger charge is -2.16. The van der Waals surface area contributed by atoms with E-state index in [9.17, 15) is 4.79 Å². The topological polar surface area (TPSA) is 80.5 Å². The van der Waals surface area contributed by atoms with E-state index in [0.717, 1.165) is 11.5 Å². The fourth-order valence-corrected chi connectivity index (χ4v) is 2.59. The summed E-state index contributed by atoms with van der Waals surface area (Å²) in [5, 5.41) is 14.3. The van der Waals surface area contributed by atoms with Crippen LogP contribution in [0.2, 0.25) is 0 Å². The lowest BCUT2D eigenvalue weighted by molar-refractivity contribution is -0.125. The number of amides is 1. The van der Waals surface area contributed by atoms with Crippen molar-refractivity contribution in [2.45, 2.75) is 12.5 Å². The molecule has 1 amide bonds. The Morgan fingerprint density at radius 1 is 1.43 bits per heavy atom. The zero-order chi connectivity index (χ0) is 14.7. The molecule has 0 aromatic carbocycles. The maximum atomic E-state index is 12.1. The molecule has 2 unspecified atom stereocenters. The van der Waals surface area contributed by atoms with Crippen LogP contribution in [-0.4, -0.2) is 53.4 Å². The van der Waals surface area contributed by atoms with Crippen LogP contribution in [-0.2, 0) is 16.0 Å². The van der Waals surface area contributed by atoms with Crippen molar-refractivity contribution < 1.29 is 9.53 Å². The number of rotatable bonds is 5. The largest absolute Gasteiger partial charge is 0.379 e. The molecule has 7 heteroatoms. The number of fused-ring (bicyclic) bond motifs is 1. The third kappa shape index (κ3) is 2.88. The Balaban J connectivity index is 1.55. The van der Waals surface area contributed by atoms with Gasteiger partial charge in [0, 0.05) is 25.2 Å². The van der Waals surface area contributed by atoms with Gasteiger partial charge in [0.2, 0.25) is 5.91 Å². The maximum Gasteiger partial charge on any atom is 0.227 e. The van der Waals surface area contributed by atoms with Gasteiger partial charge in [0.15, 0.2) is 5.65 Å². The van der Waals surface area contributed by atoms with Crippen LogP contribution < -0.4 is 10.6 Å². The SMILES string of the molecule is CNC1COCC1C(=O)NCCc1nnc2ccccn12. The Hall–Kier alpha value is -1.99. The number of carbonyl (C=O) groups is 1. The Morgan fingerprint density at radius 2 is 2.33 bits per heavy atom. The van der Waals surface area contributed by atoms with E-state index < -0.39 is 0 Å². The summed E-state index contributed by atoms with van der Waals surface area (Å²) in [5.41, 5.74) is 0.818. The van der Waals surface area contributed by atoms with Crippen molar-refractivity contribution in [3.8, 4) is 0 Å². The van der Waals surface area contributed by atoms with Gasteiger partial charge >= 0.3 is 0 Å². The van der Waals surface area contributed by atoms with Crippen LogP contribution >= 0.6 is 0 Å². The number of nitrogens with zero attached hydrogens (tertiary/aromatic N) is 3. The molecule has 1 aliphatic rings. The van der Waals surface area contributed by atoms with Crippen LogP contribution in [0.1, 0.15) is 5.82 Å². The van der Waals surface area contributed by atoms with E-state index in [-0.39, 0.29) is 17.9 Å². The van der Waals surface area contributed by atoms with E-state index in [1.165, 1.54) is 0 Å². The molecule has 3 rings (SSSR count). The average Bonchev–Trinajstić information content (AvgIpc) is 3.14. The number of nitrogens with one attached hydrogen (secondary N) is 2. The van der Waals surface area contributed by atoms with Crippen molar-refractivity contribution in [3.05, 3.63) is 30.2 Å². The normalized spacial score (nSPS) is 21.8. The Labute approximate surface area is 122 Å². The van der Waals surface area contributed by atoms with Crippen LogP contribution in [0.15, 0.2) is 24.4 Å². The van der Waals surface area contributed by atoms with Crippen LogP contribution in [0, 0.1) is 5.92 Å². The number of aromatic nitrogens is 3. The van der Waals surface area contributed by atoms with E-state index in [2.05, 4.69) is 20.8 Å². The fraction of sp³-hybridized carbons (Fsp3) is 0.500. The highest BCUT2D eigenvalue weighted by Crippen LogP contribution is 2.13. The molecule has 2 atom stereocenters. The van der Waals surface area contributed by atoms with Gasteiger partial charge in [-0.05, 0) is 19.2 Å². The van der Waals surface area contributed by atoms with Crippen molar-refractivity contribution >= 4 is 11.6 Å². The summed E-state index contributed by atoms with van der Waals surface area (Å²) in [5.74, 6) is 0.754. The van der Waals surface area contributed by atoms with Crippen molar-refractivity contribution in [3.63, 3.8) is 0 Å². The predicted octanol–water partition coefficient (Wildman–Crippen LogP) is -0.378. The Bertz CT molecular complexity index is 627. The number of hydrogen-bond donors (Lipinski definition) is 2. The molecule has 0 bridgehead atoms. The minimum atomic E-state index is -0.120. The van der Waals surface area contributed by atoms with E-state index in [1.54, 1.807) is 0 Å². The van der Waals surface area contributed by atoms with E-state index >= 15 is 0 Å². The van der Waals surface area contributed by atoms with Crippen LogP contribution in [0.4, 0.5) is 0 Å². The minimum absolute atomic E-state index is 0.0284. The molecule has 0 radical (unpaired) electrons. The molecule has 2 aromatic rings. The highest BCUT2D eigenvalue weighted by molar-refractivity contribution is 5.79. The molecule has 1 fully saturated rings. The van der Waals surface area contributed by atoms with Gasteiger partial charge in [0.05, 0.1) is 19.1 Å². The van der Waals surface area contributed by atoms with Crippen molar-refractivity contribution in [2.75, 3.05) is 26.8 Å². The first-order chi connectivity index (χ1) is 10.3. The lowest BCUT2D eigenvalue weighted by atomic mass is 10.0. The summed E-state index contributed by atoms with van der Waals surface area (Å²) >= 11 is 0. The van der Waals surface area contributed by atoms with Gasteiger partial charge in [-0.15, -0.1) is 10.2 Å². The number of carbonyl (C=O) groups excluding carboxylic acids is 1. The standard InChI is InChI=1S/C14H19N5O2/c1-15-11-9-21-8-10(11)14(20)16-6-5-13-18-17-12-4-2-3-7-19(12)13/h2-4,7,10-11,15H,5-6,8-9H2,1H3,(H,16,20). The summed E-state index contributed by atoms with van der Waals surface area (Å²) < 4.78 is 7.27. The average molecular weight is 289 g/mol. The molecule has 0 spiro atoms. The molecule has 1 aliphatic heterocycles. The zero-order valence-electron chi connectivity index (χ0n) is 12.0. The van der Waals surface area contributed by atoms with Crippen LogP contribution in [0.25, 0.3) is 5.65 Å². The molecule has 21 heavy (non-hydrogen) atoms. The van der Waals surface area contributed by atoms with Gasteiger partial charge in [-0.1, -0.05) is 6.07 Å². The van der Waals surface area contributed by atoms with Crippen molar-refractivity contribution in [1.82, 2.24) is 25.2 Å². The molecule has 0 saturated carbocycles. The second-order valence-electron chi connectivity index (χ2n) is 5.13. The van der Waals surface area contributed by atoms with Crippen LogP contribution in [0.5, 0.6) is 0 Å². The van der Waals surface area contributed by atoms with Gasteiger partial charge < -0.3 is 15.4 Å². The lowest BCUT2D eigenvalue weighted by Crippen LogP contribution is -2.43. The summed E-state index contributed by atoms with van der Waals surface area (Å²) in [6.45, 7) is 1.61. The monoisotopic (exact) mass is 289 g/mol. The van der Waals surface area contributed by atoms with Crippen LogP contribution in [0.3, 0.4) is 0 Å². The quantitative estimate of drug-likeness (QED) is 0.784. The minimum Gasteiger partial charge on any atom is -0.379 e. The number of likely N-dealkylation sites (N-methyl/N-ethyl adjacent to an activating group) is 1. The first kappa shape index (κ1) is 14.0. The molecule has 2 aromatic heterocycles. The summed E-state index contributed by atoms with van der Waals surface area (Å²) in [4.78, 5) is 12.1. The van der Waals surface area contributed by atoms with E-state index in [4.69, 9.17) is 4.74 Å². The van der Waals surface area contributed by atoms with Crippen molar-refractivity contribution in [2.24, 2.45) is 5.92 Å². The third-order valence-corrected chi connectivity index (χ3v) is 3.82. The second-order valence-corrected chi connectivity index (χ2v) is 5.13. The van der Waals surface area contributed by atoms with Gasteiger partial charge in [-0.2, -0.15) is 0 Å². The number of pyridine rings is 1. The Morgan fingerprint density at radius 3 is 3.19 bits per heavy atom. The molecular weight excluding hydrogens is 270 g/mol. The smallest absolute Gasteiger partial charge is 0.227 e. The molecule has 112 valence electrons. The fourth-order valence-electron chi connectivity index (χ4n) is 2.59. The van der Waals surface area contributed by atoms with E-state index in [0.29, 0.717) is 26.2 Å². The summed E-state index contributed by atoms with van der Waals surface area (Å²) in [7, 11) is 1.85. The second kappa shape index (κ2) is 6.19. The molecule has 7 nitrogen and oxygen atoms in total. The number of hydrogen-bond acceptors (Lipinski definition) is 5. The highest BCUT2D eigenvalue weighted by Gasteiger charge is 2.32. The van der Waals surface area contributed by atoms with Gasteiger partial charge in [0.1, 0.15) is 5.82 Å². The Kier molecular flexibility index (Phi) is 4.12. The molecule has 0 aliphatic carbocycles. The van der Waals surface area contributed by atoms with Gasteiger partial charge in [0.25, 0.3) is 0 Å². The highest BCUT2D eigenvalue weighted by atomic mass is 16.5. The van der Waals surface area contributed by atoms with Gasteiger partial charge in [-0.3, -0.25) is 9.20 Å². The number of ether oxygens (including phenoxy) is 1. The first-order valence-corrected chi connectivity index (χ1v) is 7.11. The molecular formula is C14H19N5O2. The summed E-state index contributed by atoms with van der Waals surface area (Å²) in [6, 6.07) is 5.86. The molecule has 1 saturated heterocycles. The summed E-state index contributed by atoms with van der Waals surface area (Å²) in [6.07, 6.45) is 2.57. The molecule has 2 N–H and O–H groups in total. The maximum absolute atomic E-state index is 12.1. The van der Waals surface area contributed by atoms with Gasteiger partial charge in [-0.25, -0.2) is 0 Å². The zero-order valence-corrected chi connectivity index (χ0v) is 12.0. The van der Waals surface area contributed by atoms with Crippen molar-refractivity contribution in [1.29, 1.82) is 0 Å². The first-order valence-electron chi connectivity index (χ1n) is 7.11.